The number of aromatic nitrogens is 2. The van der Waals surface area contributed by atoms with Crippen molar-refractivity contribution in [3.05, 3.63) is 21.6 Å². The Bertz CT molecular complexity index is 350. The molecular formula is C7H10N2O3. The van der Waals surface area contributed by atoms with Crippen molar-refractivity contribution in [2.24, 2.45) is 0 Å². The molecule has 1 aromatic rings. The number of carbonyl (C=O) groups is 1. The van der Waals surface area contributed by atoms with Crippen molar-refractivity contribution in [3.63, 3.8) is 0 Å². The number of hydrogen-bond donors (Lipinski definition) is 3. The van der Waals surface area contributed by atoms with Gasteiger partial charge in [0.2, 0.25) is 0 Å². The lowest BCUT2D eigenvalue weighted by Crippen LogP contribution is -2.10. The van der Waals surface area contributed by atoms with E-state index in [9.17, 15) is 9.59 Å². The molecule has 0 radical (unpaired) electrons. The van der Waals surface area contributed by atoms with E-state index in [-0.39, 0.29) is 5.56 Å². The number of aromatic amines is 2. The quantitative estimate of drug-likeness (QED) is 0.592. The molecule has 5 heteroatoms. The van der Waals surface area contributed by atoms with Crippen molar-refractivity contribution >= 4 is 5.97 Å². The van der Waals surface area contributed by atoms with Gasteiger partial charge < -0.3 is 10.2 Å². The van der Waals surface area contributed by atoms with Crippen molar-refractivity contribution in [3.8, 4) is 0 Å². The Labute approximate surface area is 68.4 Å². The summed E-state index contributed by atoms with van der Waals surface area (Å²) >= 11 is 0. The third-order valence-corrected chi connectivity index (χ3v) is 1.86. The predicted molar refractivity (Wildman–Crippen MR) is 42.2 cm³/mol. The molecule has 0 aromatic carbocycles. The summed E-state index contributed by atoms with van der Waals surface area (Å²) in [7, 11) is 0. The van der Waals surface area contributed by atoms with Gasteiger partial charge in [-0.1, -0.05) is 0 Å². The minimum Gasteiger partial charge on any atom is -0.481 e. The summed E-state index contributed by atoms with van der Waals surface area (Å²) in [6.07, 6.45) is 0. The van der Waals surface area contributed by atoms with Gasteiger partial charge in [-0.3, -0.25) is 14.7 Å². The van der Waals surface area contributed by atoms with Crippen LogP contribution in [0.4, 0.5) is 0 Å². The molecular weight excluding hydrogens is 160 g/mol. The first kappa shape index (κ1) is 8.58. The van der Waals surface area contributed by atoms with Crippen LogP contribution in [0.5, 0.6) is 0 Å². The lowest BCUT2D eigenvalue weighted by Gasteiger charge is -2.02. The summed E-state index contributed by atoms with van der Waals surface area (Å²) in [5.41, 5.74) is 0.607. The molecule has 1 rings (SSSR count). The fourth-order valence-corrected chi connectivity index (χ4v) is 0.990. The number of H-pyrrole nitrogens is 2. The molecule has 0 fully saturated rings. The Balaban J connectivity index is 3.11. The average Bonchev–Trinajstić information content (AvgIpc) is 2.32. The molecule has 1 unspecified atom stereocenters. The summed E-state index contributed by atoms with van der Waals surface area (Å²) in [5, 5.41) is 13.5. The Morgan fingerprint density at radius 1 is 1.50 bits per heavy atom. The largest absolute Gasteiger partial charge is 0.481 e. The van der Waals surface area contributed by atoms with Gasteiger partial charge in [-0.2, -0.15) is 0 Å². The third-order valence-electron chi connectivity index (χ3n) is 1.86. The monoisotopic (exact) mass is 170 g/mol. The second-order valence-corrected chi connectivity index (χ2v) is 2.68. The Kier molecular flexibility index (Phi) is 2.03. The van der Waals surface area contributed by atoms with E-state index in [4.69, 9.17) is 5.11 Å². The molecule has 0 saturated heterocycles. The fourth-order valence-electron chi connectivity index (χ4n) is 0.990. The van der Waals surface area contributed by atoms with Crippen LogP contribution in [-0.2, 0) is 4.79 Å². The van der Waals surface area contributed by atoms with E-state index in [0.717, 1.165) is 0 Å². The molecule has 5 nitrogen and oxygen atoms in total. The van der Waals surface area contributed by atoms with Crippen LogP contribution in [0.15, 0.2) is 4.79 Å². The van der Waals surface area contributed by atoms with Crippen molar-refractivity contribution in [1.29, 1.82) is 0 Å². The van der Waals surface area contributed by atoms with Gasteiger partial charge in [-0.15, -0.1) is 0 Å². The maximum atomic E-state index is 10.9. The molecule has 66 valence electrons. The van der Waals surface area contributed by atoms with E-state index in [1.807, 2.05) is 0 Å². The first-order valence-electron chi connectivity index (χ1n) is 3.54. The minimum atomic E-state index is -0.951. The smallest absolute Gasteiger partial charge is 0.312 e. The lowest BCUT2D eigenvalue weighted by molar-refractivity contribution is -0.138. The topological polar surface area (TPSA) is 85.9 Å². The van der Waals surface area contributed by atoms with Gasteiger partial charge in [-0.05, 0) is 13.8 Å². The number of carboxylic acid groups (broad SMARTS) is 1. The number of rotatable bonds is 2. The number of carboxylic acids is 1. The van der Waals surface area contributed by atoms with Crippen LogP contribution in [0.25, 0.3) is 0 Å². The second-order valence-electron chi connectivity index (χ2n) is 2.68. The highest BCUT2D eigenvalue weighted by atomic mass is 16.4. The van der Waals surface area contributed by atoms with E-state index in [2.05, 4.69) is 10.2 Å². The van der Waals surface area contributed by atoms with E-state index >= 15 is 0 Å². The maximum absolute atomic E-state index is 10.9. The standard InChI is InChI=1S/C7H10N2O3/c1-3-5(4(2)7(11)12)8-9-6(3)10/h4H,1-2H3,(H,11,12)(H2,8,9,10). The molecule has 0 amide bonds. The molecule has 3 N–H and O–H groups in total. The van der Waals surface area contributed by atoms with Gasteiger partial charge in [0.05, 0.1) is 11.6 Å². The molecule has 0 aliphatic rings. The summed E-state index contributed by atoms with van der Waals surface area (Å²) in [6.45, 7) is 3.11. The van der Waals surface area contributed by atoms with E-state index < -0.39 is 11.9 Å². The van der Waals surface area contributed by atoms with Gasteiger partial charge >= 0.3 is 5.97 Å². The van der Waals surface area contributed by atoms with Crippen molar-refractivity contribution in [1.82, 2.24) is 10.2 Å². The lowest BCUT2D eigenvalue weighted by atomic mass is 10.1. The summed E-state index contributed by atoms with van der Waals surface area (Å²) in [5.74, 6) is -1.63. The van der Waals surface area contributed by atoms with E-state index in [1.54, 1.807) is 6.92 Å². The van der Waals surface area contributed by atoms with Gasteiger partial charge in [0.15, 0.2) is 0 Å². The number of hydrogen-bond acceptors (Lipinski definition) is 2. The fraction of sp³-hybridized carbons (Fsp3) is 0.429. The number of aliphatic carboxylic acids is 1. The predicted octanol–water partition coefficient (Wildman–Crippen LogP) is 0.200. The van der Waals surface area contributed by atoms with Gasteiger partial charge in [0, 0.05) is 5.56 Å². The molecule has 1 atom stereocenters. The van der Waals surface area contributed by atoms with Gasteiger partial charge in [0.1, 0.15) is 0 Å². The highest BCUT2D eigenvalue weighted by molar-refractivity contribution is 5.75. The Morgan fingerprint density at radius 2 is 2.08 bits per heavy atom. The molecule has 0 saturated carbocycles. The molecule has 0 bridgehead atoms. The van der Waals surface area contributed by atoms with Crippen LogP contribution in [0, 0.1) is 6.92 Å². The normalized spacial score (nSPS) is 12.8. The first-order valence-corrected chi connectivity index (χ1v) is 3.54. The Morgan fingerprint density at radius 3 is 2.42 bits per heavy atom. The highest BCUT2D eigenvalue weighted by Gasteiger charge is 2.18. The average molecular weight is 170 g/mol. The molecule has 0 aliphatic heterocycles. The Hall–Kier alpha value is -1.52. The summed E-state index contributed by atoms with van der Waals surface area (Å²) < 4.78 is 0. The van der Waals surface area contributed by atoms with Crippen LogP contribution < -0.4 is 5.56 Å². The van der Waals surface area contributed by atoms with Gasteiger partial charge in [-0.25, -0.2) is 0 Å². The number of nitrogens with one attached hydrogen (secondary N) is 2. The zero-order valence-electron chi connectivity index (χ0n) is 6.84. The molecule has 1 heterocycles. The zero-order valence-corrected chi connectivity index (χ0v) is 6.84. The van der Waals surface area contributed by atoms with Crippen LogP contribution in [0.2, 0.25) is 0 Å². The van der Waals surface area contributed by atoms with Crippen molar-refractivity contribution in [2.75, 3.05) is 0 Å². The molecule has 0 aliphatic carbocycles. The van der Waals surface area contributed by atoms with E-state index in [1.165, 1.54) is 6.92 Å². The summed E-state index contributed by atoms with van der Waals surface area (Å²) in [6, 6.07) is 0. The first-order chi connectivity index (χ1) is 5.54. The third kappa shape index (κ3) is 1.25. The zero-order chi connectivity index (χ0) is 9.30. The second kappa shape index (κ2) is 2.84. The summed E-state index contributed by atoms with van der Waals surface area (Å²) in [4.78, 5) is 21.4. The van der Waals surface area contributed by atoms with Gasteiger partial charge in [0.25, 0.3) is 5.56 Å². The van der Waals surface area contributed by atoms with E-state index in [0.29, 0.717) is 11.3 Å². The molecule has 0 spiro atoms. The van der Waals surface area contributed by atoms with Crippen LogP contribution in [0.1, 0.15) is 24.1 Å². The van der Waals surface area contributed by atoms with Crippen LogP contribution in [-0.4, -0.2) is 21.3 Å². The molecule has 1 aromatic heterocycles. The van der Waals surface area contributed by atoms with Crippen molar-refractivity contribution in [2.45, 2.75) is 19.8 Å². The van der Waals surface area contributed by atoms with Crippen molar-refractivity contribution < 1.29 is 9.90 Å². The van der Waals surface area contributed by atoms with Crippen LogP contribution in [0.3, 0.4) is 0 Å². The molecule has 12 heavy (non-hydrogen) atoms. The highest BCUT2D eigenvalue weighted by Crippen LogP contribution is 2.13. The maximum Gasteiger partial charge on any atom is 0.312 e. The SMILES string of the molecule is Cc1c(C(C)C(=O)O)[nH][nH]c1=O. The van der Waals surface area contributed by atoms with Crippen LogP contribution >= 0.6 is 0 Å². The minimum absolute atomic E-state index is 0.266.